The van der Waals surface area contributed by atoms with E-state index in [0.29, 0.717) is 32.5 Å². The van der Waals surface area contributed by atoms with Crippen molar-refractivity contribution in [1.29, 1.82) is 5.26 Å². The summed E-state index contributed by atoms with van der Waals surface area (Å²) in [6.45, 7) is 0.236. The van der Waals surface area contributed by atoms with E-state index in [-0.39, 0.29) is 12.3 Å². The van der Waals surface area contributed by atoms with Crippen LogP contribution in [0.1, 0.15) is 16.7 Å². The topological polar surface area (TPSA) is 76.2 Å². The molecule has 0 aliphatic heterocycles. The highest BCUT2D eigenvalue weighted by Gasteiger charge is 2.09. The standard InChI is InChI=1S/C22H14Cl2N2O3/c23-19-8-5-17(21(24)12-19)14-29-22-4-2-1-3-16(22)11-18(13-25)15-6-9-20(10-7-15)26(27)28/h1-12H,14H2. The number of nitriles is 1. The van der Waals surface area contributed by atoms with Gasteiger partial charge in [0.25, 0.3) is 5.69 Å². The molecule has 0 spiro atoms. The highest BCUT2D eigenvalue weighted by atomic mass is 35.5. The quantitative estimate of drug-likeness (QED) is 0.194. The molecule has 0 saturated heterocycles. The monoisotopic (exact) mass is 424 g/mol. The summed E-state index contributed by atoms with van der Waals surface area (Å²) in [6.07, 6.45) is 1.68. The number of ether oxygens (including phenoxy) is 1. The summed E-state index contributed by atoms with van der Waals surface area (Å²) >= 11 is 12.1. The summed E-state index contributed by atoms with van der Waals surface area (Å²) < 4.78 is 5.90. The molecule has 0 aliphatic carbocycles. The Hall–Kier alpha value is -3.33. The molecule has 29 heavy (non-hydrogen) atoms. The SMILES string of the molecule is N#CC(=Cc1ccccc1OCc1ccc(Cl)cc1Cl)c1ccc([N+](=O)[O-])cc1. The Bertz CT molecular complexity index is 1120. The Balaban J connectivity index is 1.86. The van der Waals surface area contributed by atoms with Crippen molar-refractivity contribution in [1.82, 2.24) is 0 Å². The van der Waals surface area contributed by atoms with Crippen LogP contribution in [-0.2, 0) is 6.61 Å². The summed E-state index contributed by atoms with van der Waals surface area (Å²) in [5.41, 5.74) is 2.39. The van der Waals surface area contributed by atoms with Crippen molar-refractivity contribution in [2.45, 2.75) is 6.61 Å². The molecule has 0 heterocycles. The molecule has 0 fully saturated rings. The minimum atomic E-state index is -0.482. The van der Waals surface area contributed by atoms with Gasteiger partial charge in [-0.05, 0) is 42.0 Å². The third-order valence-corrected chi connectivity index (χ3v) is 4.71. The summed E-state index contributed by atoms with van der Waals surface area (Å²) in [6, 6.07) is 20.4. The van der Waals surface area contributed by atoms with Crippen LogP contribution in [-0.4, -0.2) is 4.92 Å². The number of benzene rings is 3. The summed E-state index contributed by atoms with van der Waals surface area (Å²) in [7, 11) is 0. The van der Waals surface area contributed by atoms with E-state index in [1.54, 1.807) is 42.5 Å². The fourth-order valence-corrected chi connectivity index (χ4v) is 3.09. The minimum absolute atomic E-state index is 0.0328. The molecule has 0 aromatic heterocycles. The van der Waals surface area contributed by atoms with E-state index >= 15 is 0 Å². The molecule has 0 saturated carbocycles. The summed E-state index contributed by atoms with van der Waals surface area (Å²) in [4.78, 5) is 10.3. The maximum Gasteiger partial charge on any atom is 0.269 e. The molecule has 0 bridgehead atoms. The summed E-state index contributed by atoms with van der Waals surface area (Å²) in [5, 5.41) is 21.4. The van der Waals surface area contributed by atoms with Gasteiger partial charge < -0.3 is 4.74 Å². The lowest BCUT2D eigenvalue weighted by Crippen LogP contribution is -1.98. The largest absolute Gasteiger partial charge is 0.488 e. The highest BCUT2D eigenvalue weighted by molar-refractivity contribution is 6.35. The van der Waals surface area contributed by atoms with Gasteiger partial charge in [0, 0.05) is 33.3 Å². The van der Waals surface area contributed by atoms with Crippen LogP contribution in [0.4, 0.5) is 5.69 Å². The van der Waals surface area contributed by atoms with E-state index in [4.69, 9.17) is 27.9 Å². The second kappa shape index (κ2) is 9.24. The van der Waals surface area contributed by atoms with Gasteiger partial charge in [-0.25, -0.2) is 0 Å². The zero-order valence-corrected chi connectivity index (χ0v) is 16.5. The average molecular weight is 425 g/mol. The van der Waals surface area contributed by atoms with Crippen LogP contribution < -0.4 is 4.74 Å². The predicted octanol–water partition coefficient (Wildman–Crippen LogP) is 6.54. The number of nitro groups is 1. The first-order valence-corrected chi connectivity index (χ1v) is 9.26. The number of allylic oxidation sites excluding steroid dienone is 1. The number of para-hydroxylation sites is 1. The molecule has 0 radical (unpaired) electrons. The van der Waals surface area contributed by atoms with Gasteiger partial charge in [0.2, 0.25) is 0 Å². The fourth-order valence-electron chi connectivity index (χ4n) is 2.62. The second-order valence-electron chi connectivity index (χ2n) is 6.04. The van der Waals surface area contributed by atoms with Crippen LogP contribution in [0, 0.1) is 21.4 Å². The third kappa shape index (κ3) is 5.14. The smallest absolute Gasteiger partial charge is 0.269 e. The Labute approximate surface area is 177 Å². The lowest BCUT2D eigenvalue weighted by Gasteiger charge is -2.11. The van der Waals surface area contributed by atoms with E-state index < -0.39 is 4.92 Å². The van der Waals surface area contributed by atoms with Gasteiger partial charge in [-0.3, -0.25) is 10.1 Å². The molecule has 0 amide bonds. The lowest BCUT2D eigenvalue weighted by molar-refractivity contribution is -0.384. The van der Waals surface area contributed by atoms with Crippen molar-refractivity contribution >= 4 is 40.5 Å². The van der Waals surface area contributed by atoms with Crippen LogP contribution in [0.25, 0.3) is 11.6 Å². The van der Waals surface area contributed by atoms with Crippen LogP contribution in [0.3, 0.4) is 0 Å². The number of hydrogen-bond donors (Lipinski definition) is 0. The van der Waals surface area contributed by atoms with Gasteiger partial charge in [-0.2, -0.15) is 5.26 Å². The highest BCUT2D eigenvalue weighted by Crippen LogP contribution is 2.28. The van der Waals surface area contributed by atoms with Crippen molar-refractivity contribution in [3.05, 3.63) is 104 Å². The van der Waals surface area contributed by atoms with E-state index in [1.165, 1.54) is 12.1 Å². The number of nitro benzene ring substituents is 1. The lowest BCUT2D eigenvalue weighted by atomic mass is 10.0. The van der Waals surface area contributed by atoms with Gasteiger partial charge >= 0.3 is 0 Å². The van der Waals surface area contributed by atoms with E-state index in [0.717, 1.165) is 5.56 Å². The molecule has 144 valence electrons. The maximum absolute atomic E-state index is 10.8. The molecule has 0 N–H and O–H groups in total. The van der Waals surface area contributed by atoms with Crippen LogP contribution in [0.2, 0.25) is 10.0 Å². The Morgan fingerprint density at radius 3 is 2.48 bits per heavy atom. The minimum Gasteiger partial charge on any atom is -0.488 e. The normalized spacial score (nSPS) is 11.0. The Kier molecular flexibility index (Phi) is 6.50. The van der Waals surface area contributed by atoms with Gasteiger partial charge in [-0.1, -0.05) is 47.5 Å². The van der Waals surface area contributed by atoms with Crippen molar-refractivity contribution in [3.63, 3.8) is 0 Å². The molecule has 5 nitrogen and oxygen atoms in total. The predicted molar refractivity (Wildman–Crippen MR) is 114 cm³/mol. The first-order valence-electron chi connectivity index (χ1n) is 8.50. The van der Waals surface area contributed by atoms with Crippen LogP contribution >= 0.6 is 23.2 Å². The first kappa shape index (κ1) is 20.4. The zero-order valence-electron chi connectivity index (χ0n) is 15.0. The zero-order chi connectivity index (χ0) is 20.8. The second-order valence-corrected chi connectivity index (χ2v) is 6.88. The van der Waals surface area contributed by atoms with Crippen molar-refractivity contribution in [2.24, 2.45) is 0 Å². The molecule has 3 aromatic carbocycles. The molecular weight excluding hydrogens is 411 g/mol. The molecular formula is C22H14Cl2N2O3. The fraction of sp³-hybridized carbons (Fsp3) is 0.0455. The van der Waals surface area contributed by atoms with E-state index in [1.807, 2.05) is 18.2 Å². The molecule has 3 rings (SSSR count). The number of halogens is 2. The number of non-ortho nitro benzene ring substituents is 1. The average Bonchev–Trinajstić information content (AvgIpc) is 2.72. The number of hydrogen-bond acceptors (Lipinski definition) is 4. The molecule has 3 aromatic rings. The van der Waals surface area contributed by atoms with Crippen LogP contribution in [0.5, 0.6) is 5.75 Å². The Morgan fingerprint density at radius 2 is 1.83 bits per heavy atom. The van der Waals surface area contributed by atoms with Gasteiger partial charge in [-0.15, -0.1) is 0 Å². The molecule has 0 aliphatic rings. The van der Waals surface area contributed by atoms with Crippen molar-refractivity contribution < 1.29 is 9.66 Å². The number of nitrogens with zero attached hydrogens (tertiary/aromatic N) is 2. The van der Waals surface area contributed by atoms with E-state index in [2.05, 4.69) is 6.07 Å². The molecule has 0 atom stereocenters. The van der Waals surface area contributed by atoms with Gasteiger partial charge in [0.05, 0.1) is 16.6 Å². The van der Waals surface area contributed by atoms with Crippen molar-refractivity contribution in [3.8, 4) is 11.8 Å². The first-order chi connectivity index (χ1) is 14.0. The van der Waals surface area contributed by atoms with Crippen LogP contribution in [0.15, 0.2) is 66.7 Å². The molecule has 0 unspecified atom stereocenters. The van der Waals surface area contributed by atoms with E-state index in [9.17, 15) is 15.4 Å². The van der Waals surface area contributed by atoms with Crippen molar-refractivity contribution in [2.75, 3.05) is 0 Å². The molecule has 7 heteroatoms. The number of rotatable bonds is 6. The maximum atomic E-state index is 10.8. The Morgan fingerprint density at radius 1 is 1.10 bits per heavy atom. The summed E-state index contributed by atoms with van der Waals surface area (Å²) in [5.74, 6) is 0.577. The third-order valence-electron chi connectivity index (χ3n) is 4.13. The van der Waals surface area contributed by atoms with Gasteiger partial charge in [0.1, 0.15) is 12.4 Å². The van der Waals surface area contributed by atoms with Gasteiger partial charge in [0.15, 0.2) is 0 Å².